The number of carbonyl (C=O) groups excluding carboxylic acids is 1. The van der Waals surface area contributed by atoms with Gasteiger partial charge in [0.1, 0.15) is 0 Å². The Labute approximate surface area is 126 Å². The van der Waals surface area contributed by atoms with Crippen LogP contribution in [0.1, 0.15) is 13.8 Å². The Balaban J connectivity index is 0.00000361. The molecule has 0 saturated carbocycles. The lowest BCUT2D eigenvalue weighted by molar-refractivity contribution is -0.130. The van der Waals surface area contributed by atoms with E-state index in [4.69, 9.17) is 10.5 Å². The van der Waals surface area contributed by atoms with Crippen LogP contribution in [-0.2, 0) is 19.6 Å². The van der Waals surface area contributed by atoms with E-state index in [1.165, 1.54) is 4.31 Å². The average Bonchev–Trinajstić information content (AvgIpc) is 2.37. The van der Waals surface area contributed by atoms with Gasteiger partial charge in [-0.15, -0.1) is 12.4 Å². The van der Waals surface area contributed by atoms with Crippen LogP contribution in [0, 0.1) is 0 Å². The van der Waals surface area contributed by atoms with Gasteiger partial charge in [-0.25, -0.2) is 8.42 Å². The van der Waals surface area contributed by atoms with Crippen molar-refractivity contribution in [3.63, 3.8) is 0 Å². The standard InChI is InChI=1S/C11H23N3O4S.ClH/c1-10(2)18-7-8-19(16,17)14-5-3-13(4-6-14)11(15)9-12;/h10H,3-9,12H2,1-2H3;1H. The Morgan fingerprint density at radius 3 is 2.25 bits per heavy atom. The van der Waals surface area contributed by atoms with Gasteiger partial charge in [-0.05, 0) is 13.8 Å². The molecule has 9 heteroatoms. The highest BCUT2D eigenvalue weighted by Crippen LogP contribution is 2.08. The van der Waals surface area contributed by atoms with E-state index in [0.29, 0.717) is 26.2 Å². The highest BCUT2D eigenvalue weighted by atomic mass is 35.5. The van der Waals surface area contributed by atoms with Crippen molar-refractivity contribution >= 4 is 28.3 Å². The molecule has 0 atom stereocenters. The van der Waals surface area contributed by atoms with Crippen LogP contribution in [0.25, 0.3) is 0 Å². The van der Waals surface area contributed by atoms with E-state index >= 15 is 0 Å². The summed E-state index contributed by atoms with van der Waals surface area (Å²) in [4.78, 5) is 13.0. The van der Waals surface area contributed by atoms with Gasteiger partial charge in [-0.3, -0.25) is 4.79 Å². The molecule has 1 saturated heterocycles. The molecule has 0 aliphatic carbocycles. The third-order valence-electron chi connectivity index (χ3n) is 2.95. The third kappa shape index (κ3) is 5.92. The van der Waals surface area contributed by atoms with Gasteiger partial charge in [0.05, 0.1) is 25.0 Å². The molecule has 120 valence electrons. The summed E-state index contributed by atoms with van der Waals surface area (Å²) in [6.45, 7) is 5.36. The number of ether oxygens (including phenoxy) is 1. The molecule has 0 radical (unpaired) electrons. The SMILES string of the molecule is CC(C)OCCS(=O)(=O)N1CCN(C(=O)CN)CC1.Cl. The molecule has 0 aromatic heterocycles. The van der Waals surface area contributed by atoms with Crippen molar-refractivity contribution in [2.75, 3.05) is 45.1 Å². The summed E-state index contributed by atoms with van der Waals surface area (Å²) in [7, 11) is -3.30. The second-order valence-corrected chi connectivity index (χ2v) is 6.81. The van der Waals surface area contributed by atoms with Crippen LogP contribution in [0.3, 0.4) is 0 Å². The van der Waals surface area contributed by atoms with Crippen molar-refractivity contribution in [2.24, 2.45) is 5.73 Å². The van der Waals surface area contributed by atoms with Gasteiger partial charge in [-0.2, -0.15) is 4.31 Å². The first-order chi connectivity index (χ1) is 8.86. The number of sulfonamides is 1. The number of nitrogens with two attached hydrogens (primary N) is 1. The van der Waals surface area contributed by atoms with Crippen molar-refractivity contribution in [3.05, 3.63) is 0 Å². The minimum atomic E-state index is -3.30. The number of hydrogen-bond donors (Lipinski definition) is 1. The number of rotatable bonds is 6. The van der Waals surface area contributed by atoms with E-state index < -0.39 is 10.0 Å². The van der Waals surface area contributed by atoms with Gasteiger partial charge in [-0.1, -0.05) is 0 Å². The zero-order chi connectivity index (χ0) is 14.5. The number of hydrogen-bond acceptors (Lipinski definition) is 5. The Kier molecular flexibility index (Phi) is 8.60. The summed E-state index contributed by atoms with van der Waals surface area (Å²) in [6.07, 6.45) is 0.0224. The molecule has 0 spiro atoms. The lowest BCUT2D eigenvalue weighted by atomic mass is 10.3. The average molecular weight is 330 g/mol. The summed E-state index contributed by atoms with van der Waals surface area (Å²) < 4.78 is 30.7. The van der Waals surface area contributed by atoms with Gasteiger partial charge in [0.25, 0.3) is 0 Å². The Morgan fingerprint density at radius 2 is 1.80 bits per heavy atom. The Morgan fingerprint density at radius 1 is 1.25 bits per heavy atom. The summed E-state index contributed by atoms with van der Waals surface area (Å²) in [5.74, 6) is -0.157. The van der Waals surface area contributed by atoms with Gasteiger partial charge in [0.15, 0.2) is 0 Å². The van der Waals surface area contributed by atoms with E-state index in [0.717, 1.165) is 0 Å². The van der Waals surface area contributed by atoms with Crippen LogP contribution in [0.4, 0.5) is 0 Å². The summed E-state index contributed by atoms with van der Waals surface area (Å²) >= 11 is 0. The maximum absolute atomic E-state index is 12.0. The molecule has 0 aromatic carbocycles. The number of carbonyl (C=O) groups is 1. The van der Waals surface area contributed by atoms with Crippen LogP contribution in [0.15, 0.2) is 0 Å². The van der Waals surface area contributed by atoms with Crippen molar-refractivity contribution < 1.29 is 17.9 Å². The Bertz CT molecular complexity index is 394. The fraction of sp³-hybridized carbons (Fsp3) is 0.909. The topological polar surface area (TPSA) is 92.9 Å². The van der Waals surface area contributed by atoms with E-state index in [9.17, 15) is 13.2 Å². The molecule has 1 aliphatic heterocycles. The lowest BCUT2D eigenvalue weighted by Gasteiger charge is -2.33. The lowest BCUT2D eigenvalue weighted by Crippen LogP contribution is -2.52. The monoisotopic (exact) mass is 329 g/mol. The van der Waals surface area contributed by atoms with Gasteiger partial charge >= 0.3 is 0 Å². The summed E-state index contributed by atoms with van der Waals surface area (Å²) in [6, 6.07) is 0. The van der Waals surface area contributed by atoms with Crippen LogP contribution < -0.4 is 5.73 Å². The predicted molar refractivity (Wildman–Crippen MR) is 79.3 cm³/mol. The fourth-order valence-electron chi connectivity index (χ4n) is 1.86. The van der Waals surface area contributed by atoms with Crippen molar-refractivity contribution in [3.8, 4) is 0 Å². The first-order valence-corrected chi connectivity index (χ1v) is 8.05. The molecular formula is C11H24ClN3O4S. The van der Waals surface area contributed by atoms with E-state index in [2.05, 4.69) is 0 Å². The molecule has 0 aromatic rings. The highest BCUT2D eigenvalue weighted by Gasteiger charge is 2.28. The van der Waals surface area contributed by atoms with Gasteiger partial charge in [0.2, 0.25) is 15.9 Å². The number of amides is 1. The molecule has 1 heterocycles. The Hall–Kier alpha value is -0.410. The quantitative estimate of drug-likeness (QED) is 0.693. The summed E-state index contributed by atoms with van der Waals surface area (Å²) in [5, 5.41) is 0. The predicted octanol–water partition coefficient (Wildman–Crippen LogP) is -0.734. The van der Waals surface area contributed by atoms with Crippen molar-refractivity contribution in [2.45, 2.75) is 20.0 Å². The van der Waals surface area contributed by atoms with E-state index in [1.54, 1.807) is 4.90 Å². The maximum Gasteiger partial charge on any atom is 0.236 e. The van der Waals surface area contributed by atoms with Gasteiger partial charge < -0.3 is 15.4 Å². The molecule has 1 rings (SSSR count). The van der Waals surface area contributed by atoms with Crippen LogP contribution >= 0.6 is 12.4 Å². The van der Waals surface area contributed by atoms with Crippen molar-refractivity contribution in [1.82, 2.24) is 9.21 Å². The minimum absolute atomic E-state index is 0. The zero-order valence-corrected chi connectivity index (χ0v) is 13.6. The fourth-order valence-corrected chi connectivity index (χ4v) is 3.15. The molecule has 0 unspecified atom stereocenters. The van der Waals surface area contributed by atoms with Gasteiger partial charge in [0, 0.05) is 26.2 Å². The van der Waals surface area contributed by atoms with E-state index in [-0.39, 0.29) is 43.3 Å². The normalized spacial score (nSPS) is 17.1. The first-order valence-electron chi connectivity index (χ1n) is 6.44. The van der Waals surface area contributed by atoms with E-state index in [1.807, 2.05) is 13.8 Å². The number of piperazine rings is 1. The number of nitrogens with zero attached hydrogens (tertiary/aromatic N) is 2. The third-order valence-corrected chi connectivity index (χ3v) is 4.79. The zero-order valence-electron chi connectivity index (χ0n) is 11.9. The first kappa shape index (κ1) is 19.6. The van der Waals surface area contributed by atoms with Crippen LogP contribution in [-0.4, -0.2) is 74.7 Å². The molecule has 1 fully saturated rings. The largest absolute Gasteiger partial charge is 0.378 e. The smallest absolute Gasteiger partial charge is 0.236 e. The molecule has 2 N–H and O–H groups in total. The summed E-state index contributed by atoms with van der Waals surface area (Å²) in [5.41, 5.74) is 5.28. The molecule has 7 nitrogen and oxygen atoms in total. The van der Waals surface area contributed by atoms with Crippen LogP contribution in [0.5, 0.6) is 0 Å². The highest BCUT2D eigenvalue weighted by molar-refractivity contribution is 7.89. The van der Waals surface area contributed by atoms with Crippen molar-refractivity contribution in [1.29, 1.82) is 0 Å². The van der Waals surface area contributed by atoms with Crippen LogP contribution in [0.2, 0.25) is 0 Å². The second-order valence-electron chi connectivity index (χ2n) is 4.72. The minimum Gasteiger partial charge on any atom is -0.378 e. The molecule has 0 bridgehead atoms. The second kappa shape index (κ2) is 8.78. The molecule has 1 amide bonds. The molecular weight excluding hydrogens is 306 g/mol. The number of halogens is 1. The maximum atomic E-state index is 12.0. The molecule has 20 heavy (non-hydrogen) atoms. The molecule has 1 aliphatic rings.